The molecule has 3 rings (SSSR count). The molecule has 0 aliphatic carbocycles. The van der Waals surface area contributed by atoms with Crippen molar-refractivity contribution in [1.29, 1.82) is 0 Å². The number of methoxy groups -OCH3 is 3. The molecule has 0 spiro atoms. The Labute approximate surface area is 211 Å². The number of benzene rings is 2. The first kappa shape index (κ1) is 26.9. The van der Waals surface area contributed by atoms with Crippen molar-refractivity contribution in [2.45, 2.75) is 32.9 Å². The summed E-state index contributed by atoms with van der Waals surface area (Å²) in [6.45, 7) is 5.18. The topological polar surface area (TPSA) is 108 Å². The molecule has 1 aromatic heterocycles. The van der Waals surface area contributed by atoms with E-state index >= 15 is 0 Å². The number of para-hydroxylation sites is 1. The van der Waals surface area contributed by atoms with Gasteiger partial charge < -0.3 is 24.4 Å². The lowest BCUT2D eigenvalue weighted by Crippen LogP contribution is -2.46. The molecular weight excluding hydrogens is 462 g/mol. The fourth-order valence-electron chi connectivity index (χ4n) is 3.92. The number of rotatable bonds is 13. The molecule has 0 aliphatic heterocycles. The third-order valence-electron chi connectivity index (χ3n) is 5.86. The highest BCUT2D eigenvalue weighted by Crippen LogP contribution is 2.33. The Kier molecular flexibility index (Phi) is 9.63. The zero-order valence-electron chi connectivity index (χ0n) is 21.6. The van der Waals surface area contributed by atoms with Crippen LogP contribution in [0.1, 0.15) is 31.9 Å². The van der Waals surface area contributed by atoms with Gasteiger partial charge in [0.15, 0.2) is 11.5 Å². The number of hydrogen-bond donors (Lipinski definition) is 1. The van der Waals surface area contributed by atoms with Gasteiger partial charge in [-0.25, -0.2) is 4.68 Å². The molecule has 0 saturated carbocycles. The third kappa shape index (κ3) is 6.51. The van der Waals surface area contributed by atoms with Gasteiger partial charge in [-0.1, -0.05) is 37.3 Å². The van der Waals surface area contributed by atoms with E-state index in [4.69, 9.17) is 14.2 Å². The molecule has 2 aromatic carbocycles. The molecule has 0 fully saturated rings. The minimum absolute atomic E-state index is 0.0479. The Balaban J connectivity index is 2.01. The van der Waals surface area contributed by atoms with E-state index in [1.807, 2.05) is 24.3 Å². The van der Waals surface area contributed by atoms with Crippen molar-refractivity contribution in [3.05, 3.63) is 48.0 Å². The van der Waals surface area contributed by atoms with Crippen LogP contribution >= 0.6 is 0 Å². The second-order valence-corrected chi connectivity index (χ2v) is 8.81. The molecule has 1 atom stereocenters. The molecule has 1 unspecified atom stereocenters. The highest BCUT2D eigenvalue weighted by Gasteiger charge is 2.32. The fraction of sp³-hybridized carbons (Fsp3) is 0.462. The number of nitrogens with zero attached hydrogens (tertiary/aromatic N) is 4. The lowest BCUT2D eigenvalue weighted by molar-refractivity contribution is -0.141. The average molecular weight is 498 g/mol. The van der Waals surface area contributed by atoms with E-state index in [0.717, 1.165) is 11.9 Å². The van der Waals surface area contributed by atoms with Crippen LogP contribution in [0.25, 0.3) is 11.0 Å². The smallest absolute Gasteiger partial charge is 0.247 e. The quantitative estimate of drug-likeness (QED) is 0.362. The van der Waals surface area contributed by atoms with Crippen molar-refractivity contribution in [2.75, 3.05) is 41.0 Å². The van der Waals surface area contributed by atoms with E-state index in [1.54, 1.807) is 42.0 Å². The Hall–Kier alpha value is -3.66. The van der Waals surface area contributed by atoms with Crippen molar-refractivity contribution < 1.29 is 23.8 Å². The maximum Gasteiger partial charge on any atom is 0.247 e. The number of hydrogen-bond acceptors (Lipinski definition) is 7. The molecule has 10 nitrogen and oxygen atoms in total. The molecule has 3 aromatic rings. The summed E-state index contributed by atoms with van der Waals surface area (Å²) < 4.78 is 17.5. The Bertz CT molecular complexity index is 1160. The van der Waals surface area contributed by atoms with E-state index in [-0.39, 0.29) is 18.4 Å². The molecule has 0 radical (unpaired) electrons. The van der Waals surface area contributed by atoms with Crippen LogP contribution in [0.4, 0.5) is 0 Å². The molecular formula is C26H35N5O5. The standard InChI is InChI=1S/C26H35N5O5/c1-18(2)12-14-30(24(32)17-31-21-9-7-6-8-20(21)28-29-31)25(26(33)27-13-15-34-3)19-10-11-22(35-4)23(16-19)36-5/h6-11,16,18,25H,12-15,17H2,1-5H3,(H,27,33). The molecule has 1 N–H and O–H groups in total. The van der Waals surface area contributed by atoms with Crippen molar-refractivity contribution in [3.8, 4) is 11.5 Å². The number of ether oxygens (including phenoxy) is 3. The second kappa shape index (κ2) is 12.9. The average Bonchev–Trinajstić information content (AvgIpc) is 3.28. The van der Waals surface area contributed by atoms with E-state index in [9.17, 15) is 9.59 Å². The first-order valence-corrected chi connectivity index (χ1v) is 12.0. The highest BCUT2D eigenvalue weighted by molar-refractivity contribution is 5.89. The summed E-state index contributed by atoms with van der Waals surface area (Å²) in [5.74, 6) is 0.792. The summed E-state index contributed by atoms with van der Waals surface area (Å²) in [6.07, 6.45) is 0.721. The molecule has 36 heavy (non-hydrogen) atoms. The van der Waals surface area contributed by atoms with Gasteiger partial charge in [0.1, 0.15) is 18.1 Å². The van der Waals surface area contributed by atoms with Crippen LogP contribution in [0.5, 0.6) is 11.5 Å². The highest BCUT2D eigenvalue weighted by atomic mass is 16.5. The van der Waals surface area contributed by atoms with E-state index in [0.29, 0.717) is 48.2 Å². The van der Waals surface area contributed by atoms with Crippen LogP contribution in [-0.2, 0) is 20.9 Å². The van der Waals surface area contributed by atoms with Gasteiger partial charge in [-0.2, -0.15) is 0 Å². The SMILES string of the molecule is COCCNC(=O)C(c1ccc(OC)c(OC)c1)N(CCC(C)C)C(=O)Cn1nnc2ccccc21. The zero-order chi connectivity index (χ0) is 26.1. The minimum Gasteiger partial charge on any atom is -0.493 e. The van der Waals surface area contributed by atoms with Crippen molar-refractivity contribution in [2.24, 2.45) is 5.92 Å². The predicted molar refractivity (Wildman–Crippen MR) is 136 cm³/mol. The number of fused-ring (bicyclic) bond motifs is 1. The Morgan fingerprint density at radius 1 is 1.06 bits per heavy atom. The summed E-state index contributed by atoms with van der Waals surface area (Å²) in [4.78, 5) is 28.9. The van der Waals surface area contributed by atoms with Crippen molar-refractivity contribution in [3.63, 3.8) is 0 Å². The van der Waals surface area contributed by atoms with E-state index in [1.165, 1.54) is 7.11 Å². The summed E-state index contributed by atoms with van der Waals surface area (Å²) in [6, 6.07) is 11.8. The van der Waals surface area contributed by atoms with Gasteiger partial charge in [-0.15, -0.1) is 5.10 Å². The first-order valence-electron chi connectivity index (χ1n) is 12.0. The van der Waals surface area contributed by atoms with E-state index in [2.05, 4.69) is 29.5 Å². The Morgan fingerprint density at radius 2 is 1.81 bits per heavy atom. The number of carbonyl (C=O) groups excluding carboxylic acids is 2. The number of aromatic nitrogens is 3. The molecule has 1 heterocycles. The normalized spacial score (nSPS) is 11.9. The monoisotopic (exact) mass is 497 g/mol. The summed E-state index contributed by atoms with van der Waals surface area (Å²) >= 11 is 0. The van der Waals surface area contributed by atoms with Crippen LogP contribution in [0.3, 0.4) is 0 Å². The lowest BCUT2D eigenvalue weighted by Gasteiger charge is -2.32. The lowest BCUT2D eigenvalue weighted by atomic mass is 10.0. The van der Waals surface area contributed by atoms with E-state index < -0.39 is 6.04 Å². The van der Waals surface area contributed by atoms with Crippen LogP contribution < -0.4 is 14.8 Å². The van der Waals surface area contributed by atoms with Gasteiger partial charge in [0.05, 0.1) is 26.3 Å². The van der Waals surface area contributed by atoms with Gasteiger partial charge in [-0.05, 0) is 42.2 Å². The van der Waals surface area contributed by atoms with Gasteiger partial charge in [0, 0.05) is 20.2 Å². The summed E-state index contributed by atoms with van der Waals surface area (Å²) in [7, 11) is 4.65. The van der Waals surface area contributed by atoms with Crippen molar-refractivity contribution >= 4 is 22.8 Å². The zero-order valence-corrected chi connectivity index (χ0v) is 21.6. The van der Waals surface area contributed by atoms with Gasteiger partial charge in [0.25, 0.3) is 0 Å². The van der Waals surface area contributed by atoms with Gasteiger partial charge in [0.2, 0.25) is 11.8 Å². The maximum absolute atomic E-state index is 13.8. The van der Waals surface area contributed by atoms with Gasteiger partial charge >= 0.3 is 0 Å². The van der Waals surface area contributed by atoms with Crippen molar-refractivity contribution in [1.82, 2.24) is 25.2 Å². The van der Waals surface area contributed by atoms with Crippen LogP contribution in [0, 0.1) is 5.92 Å². The second-order valence-electron chi connectivity index (χ2n) is 8.81. The fourth-order valence-corrected chi connectivity index (χ4v) is 3.92. The Morgan fingerprint density at radius 3 is 2.50 bits per heavy atom. The summed E-state index contributed by atoms with van der Waals surface area (Å²) in [5, 5.41) is 11.2. The molecule has 194 valence electrons. The van der Waals surface area contributed by atoms with Gasteiger partial charge in [-0.3, -0.25) is 9.59 Å². The molecule has 2 amide bonds. The van der Waals surface area contributed by atoms with Crippen LogP contribution in [-0.4, -0.2) is 72.7 Å². The molecule has 0 bridgehead atoms. The number of amides is 2. The third-order valence-corrected chi connectivity index (χ3v) is 5.86. The predicted octanol–water partition coefficient (Wildman–Crippen LogP) is 2.83. The maximum atomic E-state index is 13.8. The van der Waals surface area contributed by atoms with Crippen LogP contribution in [0.15, 0.2) is 42.5 Å². The van der Waals surface area contributed by atoms with Crippen LogP contribution in [0.2, 0.25) is 0 Å². The number of nitrogens with one attached hydrogen (secondary N) is 1. The molecule has 10 heteroatoms. The largest absolute Gasteiger partial charge is 0.493 e. The molecule has 0 saturated heterocycles. The molecule has 0 aliphatic rings. The minimum atomic E-state index is -0.886. The number of carbonyl (C=O) groups is 2. The summed E-state index contributed by atoms with van der Waals surface area (Å²) in [5.41, 5.74) is 2.07. The first-order chi connectivity index (χ1) is 17.4.